The van der Waals surface area contributed by atoms with Crippen LogP contribution in [0.3, 0.4) is 0 Å². The van der Waals surface area contributed by atoms with Crippen LogP contribution in [0.15, 0.2) is 156 Å². The fraction of sp³-hybridized carbons (Fsp3) is 0.208. The molecule has 0 aliphatic rings. The Morgan fingerprint density at radius 2 is 0.769 bits per heavy atom. The van der Waals surface area contributed by atoms with Gasteiger partial charge in [-0.1, -0.05) is 161 Å². The first kappa shape index (κ1) is 36.1. The molecule has 0 heterocycles. The predicted octanol–water partition coefficient (Wildman–Crippen LogP) is 11.4. The average Bonchev–Trinajstić information content (AvgIpc) is 3.16. The van der Waals surface area contributed by atoms with Gasteiger partial charge in [-0.2, -0.15) is 0 Å². The van der Waals surface area contributed by atoms with Crippen LogP contribution in [0.5, 0.6) is 11.5 Å². The standard InChI is InChI=1S/C48H48N2O2/c1-33-27-37(45(51)41(29-33)47(3,4)39-23-15-9-16-24-39)31-49-43(35-19-11-7-12-20-35)44(36-21-13-8-14-22-36)50-32-38-28-34(2)30-42(46(38)52)48(5,6)40-25-17-10-18-26-40/h7-32,43-44,51-52H,1-6H3/t43-,44-/m0/s1. The van der Waals surface area contributed by atoms with Gasteiger partial charge in [-0.15, -0.1) is 0 Å². The second-order valence-electron chi connectivity index (χ2n) is 14.8. The first-order chi connectivity index (χ1) is 25.0. The van der Waals surface area contributed by atoms with Gasteiger partial charge in [0.05, 0.1) is 0 Å². The number of aromatic hydroxyl groups is 2. The third-order valence-corrected chi connectivity index (χ3v) is 10.2. The number of aliphatic imine (C=N–C) groups is 2. The maximum Gasteiger partial charge on any atom is 0.128 e. The molecule has 0 spiro atoms. The minimum atomic E-state index is -0.433. The van der Waals surface area contributed by atoms with E-state index in [1.807, 2.05) is 84.9 Å². The van der Waals surface area contributed by atoms with Gasteiger partial charge in [-0.3, -0.25) is 9.98 Å². The lowest BCUT2D eigenvalue weighted by atomic mass is 9.76. The predicted molar refractivity (Wildman–Crippen MR) is 216 cm³/mol. The van der Waals surface area contributed by atoms with Gasteiger partial charge in [0.2, 0.25) is 0 Å². The summed E-state index contributed by atoms with van der Waals surface area (Å²) >= 11 is 0. The smallest absolute Gasteiger partial charge is 0.128 e. The third kappa shape index (κ3) is 7.62. The summed E-state index contributed by atoms with van der Waals surface area (Å²) in [5.74, 6) is 0.432. The number of aryl methyl sites for hydroxylation is 2. The van der Waals surface area contributed by atoms with Crippen molar-refractivity contribution in [3.63, 3.8) is 0 Å². The lowest BCUT2D eigenvalue weighted by molar-refractivity contribution is 0.451. The molecule has 0 fully saturated rings. The van der Waals surface area contributed by atoms with Gasteiger partial charge in [0.15, 0.2) is 0 Å². The molecule has 0 amide bonds. The Hall–Kier alpha value is -5.74. The van der Waals surface area contributed by atoms with Gasteiger partial charge in [-0.05, 0) is 59.4 Å². The first-order valence-electron chi connectivity index (χ1n) is 17.9. The van der Waals surface area contributed by atoms with Crippen molar-refractivity contribution in [2.24, 2.45) is 9.98 Å². The molecule has 0 unspecified atom stereocenters. The van der Waals surface area contributed by atoms with Crippen LogP contribution in [0.4, 0.5) is 0 Å². The third-order valence-electron chi connectivity index (χ3n) is 10.2. The van der Waals surface area contributed by atoms with Crippen LogP contribution in [0.2, 0.25) is 0 Å². The molecular formula is C48H48N2O2. The van der Waals surface area contributed by atoms with E-state index in [9.17, 15) is 10.2 Å². The highest BCUT2D eigenvalue weighted by molar-refractivity contribution is 5.86. The maximum atomic E-state index is 11.8. The number of nitrogens with zero attached hydrogens (tertiary/aromatic N) is 2. The van der Waals surface area contributed by atoms with E-state index in [0.29, 0.717) is 11.1 Å². The molecule has 0 saturated heterocycles. The Morgan fingerprint density at radius 1 is 0.462 bits per heavy atom. The second-order valence-corrected chi connectivity index (χ2v) is 14.8. The summed E-state index contributed by atoms with van der Waals surface area (Å²) in [5, 5.41) is 23.6. The van der Waals surface area contributed by atoms with Crippen molar-refractivity contribution in [1.29, 1.82) is 0 Å². The minimum Gasteiger partial charge on any atom is -0.507 e. The highest BCUT2D eigenvalue weighted by atomic mass is 16.3. The van der Waals surface area contributed by atoms with Crippen molar-refractivity contribution in [3.8, 4) is 11.5 Å². The zero-order chi connectivity index (χ0) is 36.9. The summed E-state index contributed by atoms with van der Waals surface area (Å²) in [6.07, 6.45) is 3.58. The van der Waals surface area contributed by atoms with Gasteiger partial charge in [-0.25, -0.2) is 0 Å². The minimum absolute atomic E-state index is 0.216. The quantitative estimate of drug-likeness (QED) is 0.133. The van der Waals surface area contributed by atoms with Crippen molar-refractivity contribution >= 4 is 12.4 Å². The van der Waals surface area contributed by atoms with E-state index in [1.54, 1.807) is 12.4 Å². The molecule has 0 aliphatic carbocycles. The summed E-state index contributed by atoms with van der Waals surface area (Å²) in [6, 6.07) is 48.1. The molecule has 0 bridgehead atoms. The summed E-state index contributed by atoms with van der Waals surface area (Å²) in [7, 11) is 0. The zero-order valence-electron chi connectivity index (χ0n) is 31.0. The van der Waals surface area contributed by atoms with Gasteiger partial charge in [0.1, 0.15) is 23.6 Å². The van der Waals surface area contributed by atoms with Crippen molar-refractivity contribution in [2.75, 3.05) is 0 Å². The number of rotatable bonds is 11. The molecule has 6 aromatic carbocycles. The van der Waals surface area contributed by atoms with E-state index in [4.69, 9.17) is 9.98 Å². The summed E-state index contributed by atoms with van der Waals surface area (Å²) in [6.45, 7) is 12.6. The average molecular weight is 685 g/mol. The molecule has 6 aromatic rings. The summed E-state index contributed by atoms with van der Waals surface area (Å²) in [4.78, 5) is 10.5. The molecule has 4 nitrogen and oxygen atoms in total. The Morgan fingerprint density at radius 3 is 1.10 bits per heavy atom. The Balaban J connectivity index is 1.45. The van der Waals surface area contributed by atoms with Crippen molar-refractivity contribution < 1.29 is 10.2 Å². The topological polar surface area (TPSA) is 65.2 Å². The van der Waals surface area contributed by atoms with Gasteiger partial charge >= 0.3 is 0 Å². The Labute approximate surface area is 308 Å². The highest BCUT2D eigenvalue weighted by Gasteiger charge is 2.30. The lowest BCUT2D eigenvalue weighted by Crippen LogP contribution is -2.20. The Bertz CT molecular complexity index is 2010. The van der Waals surface area contributed by atoms with Crippen LogP contribution in [0, 0.1) is 13.8 Å². The number of hydrogen-bond donors (Lipinski definition) is 2. The molecule has 0 saturated carbocycles. The molecule has 262 valence electrons. The van der Waals surface area contributed by atoms with Crippen LogP contribution >= 0.6 is 0 Å². The van der Waals surface area contributed by atoms with E-state index in [0.717, 1.165) is 44.5 Å². The Kier molecular flexibility index (Phi) is 10.6. The van der Waals surface area contributed by atoms with E-state index in [-0.39, 0.29) is 11.5 Å². The molecule has 4 heteroatoms. The number of benzene rings is 6. The van der Waals surface area contributed by atoms with Crippen LogP contribution < -0.4 is 0 Å². The summed E-state index contributed by atoms with van der Waals surface area (Å²) in [5.41, 5.74) is 8.42. The van der Waals surface area contributed by atoms with Crippen LogP contribution in [0.25, 0.3) is 0 Å². The molecule has 0 radical (unpaired) electrons. The molecule has 0 aromatic heterocycles. The van der Waals surface area contributed by atoms with E-state index >= 15 is 0 Å². The van der Waals surface area contributed by atoms with E-state index < -0.39 is 22.9 Å². The van der Waals surface area contributed by atoms with Gasteiger partial charge < -0.3 is 10.2 Å². The maximum absolute atomic E-state index is 11.8. The molecule has 52 heavy (non-hydrogen) atoms. The fourth-order valence-electron chi connectivity index (χ4n) is 7.11. The van der Waals surface area contributed by atoms with Crippen molar-refractivity contribution in [2.45, 2.75) is 64.5 Å². The van der Waals surface area contributed by atoms with Gasteiger partial charge in [0.25, 0.3) is 0 Å². The SMILES string of the molecule is Cc1cc(C=N[C@@H](c2ccccc2)[C@@H](N=Cc2cc(C)cc(C(C)(C)c3ccccc3)c2O)c2ccccc2)c(O)c(C(C)(C)c2ccccc2)c1. The largest absolute Gasteiger partial charge is 0.507 e. The summed E-state index contributed by atoms with van der Waals surface area (Å²) < 4.78 is 0. The molecule has 2 atom stereocenters. The number of phenols is 2. The van der Waals surface area contributed by atoms with Crippen LogP contribution in [-0.4, -0.2) is 22.6 Å². The monoisotopic (exact) mass is 684 g/mol. The van der Waals surface area contributed by atoms with E-state index in [1.165, 1.54) is 0 Å². The number of hydrogen-bond acceptors (Lipinski definition) is 4. The number of phenolic OH excluding ortho intramolecular Hbond substituents is 2. The van der Waals surface area contributed by atoms with Crippen molar-refractivity contribution in [3.05, 3.63) is 201 Å². The van der Waals surface area contributed by atoms with Gasteiger partial charge in [0, 0.05) is 45.5 Å². The van der Waals surface area contributed by atoms with Crippen LogP contribution in [-0.2, 0) is 10.8 Å². The van der Waals surface area contributed by atoms with E-state index in [2.05, 4.69) is 102 Å². The molecule has 0 aliphatic heterocycles. The second kappa shape index (κ2) is 15.2. The van der Waals surface area contributed by atoms with Crippen LogP contribution in [0.1, 0.15) is 95.4 Å². The zero-order valence-corrected chi connectivity index (χ0v) is 31.0. The lowest BCUT2D eigenvalue weighted by Gasteiger charge is -2.28. The normalized spacial score (nSPS) is 13.4. The van der Waals surface area contributed by atoms with Crippen molar-refractivity contribution in [1.82, 2.24) is 0 Å². The molecule has 6 rings (SSSR count). The highest BCUT2D eigenvalue weighted by Crippen LogP contribution is 2.42. The molecular weight excluding hydrogens is 637 g/mol. The first-order valence-corrected chi connectivity index (χ1v) is 17.9. The molecule has 2 N–H and O–H groups in total. The fourth-order valence-corrected chi connectivity index (χ4v) is 7.11.